The average Bonchev–Trinajstić information content (AvgIpc) is 3.00. The fourth-order valence-corrected chi connectivity index (χ4v) is 3.49. The molecule has 3 heterocycles. The molecule has 1 amide bonds. The monoisotopic (exact) mass is 289 g/mol. The van der Waals surface area contributed by atoms with E-state index in [9.17, 15) is 4.79 Å². The van der Waals surface area contributed by atoms with Crippen molar-refractivity contribution in [2.45, 2.75) is 39.2 Å². The van der Waals surface area contributed by atoms with Crippen molar-refractivity contribution in [3.8, 4) is 0 Å². The Bertz CT molecular complexity index is 601. The first-order valence-electron chi connectivity index (χ1n) is 7.01. The lowest BCUT2D eigenvalue weighted by molar-refractivity contribution is -0.117. The number of fused-ring (bicyclic) bond motifs is 1. The lowest BCUT2D eigenvalue weighted by Gasteiger charge is -2.24. The largest absolute Gasteiger partial charge is 0.311 e. The molecule has 0 spiro atoms. The van der Waals surface area contributed by atoms with Crippen LogP contribution in [0.25, 0.3) is 0 Å². The Morgan fingerprint density at radius 1 is 1.55 bits per heavy atom. The molecule has 0 saturated carbocycles. The van der Waals surface area contributed by atoms with Gasteiger partial charge in [0, 0.05) is 16.9 Å². The molecule has 0 saturated heterocycles. The number of anilines is 1. The van der Waals surface area contributed by atoms with E-state index in [4.69, 9.17) is 0 Å². The lowest BCUT2D eigenvalue weighted by Crippen LogP contribution is -2.25. The Hall–Kier alpha value is -1.62. The summed E-state index contributed by atoms with van der Waals surface area (Å²) >= 11 is 1.71. The molecule has 1 aliphatic heterocycles. The molecule has 106 valence electrons. The summed E-state index contributed by atoms with van der Waals surface area (Å²) in [6.07, 6.45) is 3.54. The Labute approximate surface area is 122 Å². The van der Waals surface area contributed by atoms with Crippen LogP contribution in [0.3, 0.4) is 0 Å². The van der Waals surface area contributed by atoms with Crippen molar-refractivity contribution < 1.29 is 4.79 Å². The van der Waals surface area contributed by atoms with Crippen LogP contribution < -0.4 is 5.32 Å². The van der Waals surface area contributed by atoms with Crippen molar-refractivity contribution in [1.29, 1.82) is 0 Å². The van der Waals surface area contributed by atoms with E-state index in [-0.39, 0.29) is 5.91 Å². The van der Waals surface area contributed by atoms with Gasteiger partial charge in [0.1, 0.15) is 5.82 Å². The third kappa shape index (κ3) is 2.63. The minimum Gasteiger partial charge on any atom is -0.311 e. The number of carbonyl (C=O) groups is 1. The predicted octanol–water partition coefficient (Wildman–Crippen LogP) is 3.46. The van der Waals surface area contributed by atoms with Gasteiger partial charge in [-0.15, -0.1) is 11.3 Å². The molecule has 20 heavy (non-hydrogen) atoms. The molecule has 0 aliphatic carbocycles. The Balaban J connectivity index is 1.89. The van der Waals surface area contributed by atoms with E-state index < -0.39 is 0 Å². The van der Waals surface area contributed by atoms with Crippen LogP contribution in [0.2, 0.25) is 0 Å². The van der Waals surface area contributed by atoms with Gasteiger partial charge in [-0.3, -0.25) is 4.79 Å². The van der Waals surface area contributed by atoms with Crippen molar-refractivity contribution in [3.63, 3.8) is 0 Å². The van der Waals surface area contributed by atoms with Gasteiger partial charge in [0.2, 0.25) is 5.91 Å². The van der Waals surface area contributed by atoms with Crippen LogP contribution in [-0.4, -0.2) is 15.7 Å². The summed E-state index contributed by atoms with van der Waals surface area (Å²) in [5, 5.41) is 9.52. The van der Waals surface area contributed by atoms with E-state index in [2.05, 4.69) is 35.7 Å². The molecule has 5 heteroatoms. The van der Waals surface area contributed by atoms with E-state index in [0.29, 0.717) is 18.3 Å². The first kappa shape index (κ1) is 13.4. The molecule has 1 N–H and O–H groups in total. The summed E-state index contributed by atoms with van der Waals surface area (Å²) in [5.74, 6) is 1.88. The minimum atomic E-state index is 0.107. The molecule has 0 bridgehead atoms. The number of nitrogens with zero attached hydrogens (tertiary/aromatic N) is 2. The summed E-state index contributed by atoms with van der Waals surface area (Å²) in [7, 11) is 0. The summed E-state index contributed by atoms with van der Waals surface area (Å²) < 4.78 is 1.91. The molecule has 3 rings (SSSR count). The van der Waals surface area contributed by atoms with Gasteiger partial charge in [-0.1, -0.05) is 19.9 Å². The fraction of sp³-hybridized carbons (Fsp3) is 0.467. The summed E-state index contributed by atoms with van der Waals surface area (Å²) in [6.45, 7) is 5.12. The van der Waals surface area contributed by atoms with Crippen molar-refractivity contribution in [3.05, 3.63) is 34.2 Å². The third-order valence-corrected chi connectivity index (χ3v) is 4.50. The minimum absolute atomic E-state index is 0.107. The lowest BCUT2D eigenvalue weighted by atomic mass is 9.87. The second-order valence-electron chi connectivity index (χ2n) is 5.76. The normalized spacial score (nSPS) is 18.1. The van der Waals surface area contributed by atoms with Gasteiger partial charge in [-0.05, 0) is 29.7 Å². The Morgan fingerprint density at radius 2 is 2.40 bits per heavy atom. The number of aromatic nitrogens is 2. The number of carbonyl (C=O) groups excluding carboxylic acids is 1. The Morgan fingerprint density at radius 3 is 3.10 bits per heavy atom. The Kier molecular flexibility index (Phi) is 3.61. The quantitative estimate of drug-likeness (QED) is 0.937. The SMILES string of the molecule is CC(C)CC1CC(=O)Nc2c1cnn2Cc1cccs1. The van der Waals surface area contributed by atoms with Crippen molar-refractivity contribution in [2.75, 3.05) is 5.32 Å². The van der Waals surface area contributed by atoms with Crippen molar-refractivity contribution in [1.82, 2.24) is 9.78 Å². The van der Waals surface area contributed by atoms with Gasteiger partial charge in [0.15, 0.2) is 0 Å². The number of thiophene rings is 1. The van der Waals surface area contributed by atoms with Gasteiger partial charge in [-0.2, -0.15) is 5.10 Å². The first-order chi connectivity index (χ1) is 9.63. The van der Waals surface area contributed by atoms with Crippen molar-refractivity contribution >= 4 is 23.1 Å². The molecular formula is C15H19N3OS. The second-order valence-corrected chi connectivity index (χ2v) is 6.80. The maximum atomic E-state index is 11.9. The standard InChI is InChI=1S/C15H19N3OS/c1-10(2)6-11-7-14(19)17-15-13(11)8-16-18(15)9-12-4-3-5-20-12/h3-5,8,10-11H,6-7,9H2,1-2H3,(H,17,19). The number of hydrogen-bond acceptors (Lipinski definition) is 3. The average molecular weight is 289 g/mol. The first-order valence-corrected chi connectivity index (χ1v) is 7.89. The number of hydrogen-bond donors (Lipinski definition) is 1. The highest BCUT2D eigenvalue weighted by molar-refractivity contribution is 7.09. The highest BCUT2D eigenvalue weighted by Crippen LogP contribution is 2.36. The zero-order valence-electron chi connectivity index (χ0n) is 11.8. The van der Waals surface area contributed by atoms with Gasteiger partial charge in [0.05, 0.1) is 12.7 Å². The smallest absolute Gasteiger partial charge is 0.226 e. The van der Waals surface area contributed by atoms with Crippen LogP contribution >= 0.6 is 11.3 Å². The summed E-state index contributed by atoms with van der Waals surface area (Å²) in [4.78, 5) is 13.2. The van der Waals surface area contributed by atoms with E-state index in [1.165, 1.54) is 10.4 Å². The fourth-order valence-electron chi connectivity index (χ4n) is 2.80. The molecule has 1 aliphatic rings. The summed E-state index contributed by atoms with van der Waals surface area (Å²) in [5.41, 5.74) is 1.19. The molecule has 4 nitrogen and oxygen atoms in total. The highest BCUT2D eigenvalue weighted by atomic mass is 32.1. The zero-order valence-corrected chi connectivity index (χ0v) is 12.6. The molecular weight excluding hydrogens is 270 g/mol. The molecule has 2 aromatic rings. The molecule has 1 unspecified atom stereocenters. The number of nitrogens with one attached hydrogen (secondary N) is 1. The van der Waals surface area contributed by atoms with Crippen LogP contribution in [0.4, 0.5) is 5.82 Å². The van der Waals surface area contributed by atoms with E-state index >= 15 is 0 Å². The number of rotatable bonds is 4. The van der Waals surface area contributed by atoms with Crippen molar-refractivity contribution in [2.24, 2.45) is 5.92 Å². The van der Waals surface area contributed by atoms with E-state index in [1.807, 2.05) is 16.9 Å². The molecule has 2 aromatic heterocycles. The van der Waals surface area contributed by atoms with Gasteiger partial charge in [0.25, 0.3) is 0 Å². The predicted molar refractivity (Wildman–Crippen MR) is 81.1 cm³/mol. The van der Waals surface area contributed by atoms with E-state index in [1.54, 1.807) is 11.3 Å². The topological polar surface area (TPSA) is 46.9 Å². The highest BCUT2D eigenvalue weighted by Gasteiger charge is 2.29. The zero-order chi connectivity index (χ0) is 14.1. The van der Waals surface area contributed by atoms with Crippen LogP contribution in [0.5, 0.6) is 0 Å². The van der Waals surface area contributed by atoms with Gasteiger partial charge < -0.3 is 5.32 Å². The van der Waals surface area contributed by atoms with Gasteiger partial charge in [-0.25, -0.2) is 4.68 Å². The van der Waals surface area contributed by atoms with Gasteiger partial charge >= 0.3 is 0 Å². The molecule has 0 fully saturated rings. The van der Waals surface area contributed by atoms with Crippen LogP contribution in [-0.2, 0) is 11.3 Å². The number of amides is 1. The van der Waals surface area contributed by atoms with Crippen LogP contribution in [0.1, 0.15) is 43.0 Å². The molecule has 0 aromatic carbocycles. The molecule has 0 radical (unpaired) electrons. The van der Waals surface area contributed by atoms with E-state index in [0.717, 1.165) is 18.8 Å². The van der Waals surface area contributed by atoms with Crippen LogP contribution in [0, 0.1) is 5.92 Å². The maximum Gasteiger partial charge on any atom is 0.226 e. The molecule has 1 atom stereocenters. The third-order valence-electron chi connectivity index (χ3n) is 3.64. The maximum absolute atomic E-state index is 11.9. The van der Waals surface area contributed by atoms with Crippen LogP contribution in [0.15, 0.2) is 23.7 Å². The summed E-state index contributed by atoms with van der Waals surface area (Å²) in [6, 6.07) is 4.13. The second kappa shape index (κ2) is 5.40.